The second-order valence-electron chi connectivity index (χ2n) is 9.46. The molecule has 2 aromatic heterocycles. The van der Waals surface area contributed by atoms with Crippen molar-refractivity contribution in [2.75, 3.05) is 25.0 Å². The highest BCUT2D eigenvalue weighted by atomic mass is 19.3. The van der Waals surface area contributed by atoms with Crippen molar-refractivity contribution in [1.29, 1.82) is 0 Å². The monoisotopic (exact) mass is 472 g/mol. The first-order chi connectivity index (χ1) is 16.4. The van der Waals surface area contributed by atoms with E-state index in [2.05, 4.69) is 21.4 Å². The largest absolute Gasteiger partial charge is 0.480 e. The molecule has 1 fully saturated rings. The number of unbranched alkanes of at least 4 members (excludes halogenated alkanes) is 1. The molecule has 4 heterocycles. The minimum atomic E-state index is -2.81. The molecule has 6 nitrogen and oxygen atoms in total. The Balaban J connectivity index is 1.31. The highest BCUT2D eigenvalue weighted by molar-refractivity contribution is 5.76. The average Bonchev–Trinajstić information content (AvgIpc) is 3.33. The van der Waals surface area contributed by atoms with Crippen molar-refractivity contribution >= 4 is 11.8 Å². The molecule has 2 aromatic rings. The molecule has 2 aliphatic heterocycles. The van der Waals surface area contributed by atoms with E-state index in [4.69, 9.17) is 0 Å². The summed E-state index contributed by atoms with van der Waals surface area (Å²) < 4.78 is 30.1. The van der Waals surface area contributed by atoms with Gasteiger partial charge < -0.3 is 10.4 Å². The van der Waals surface area contributed by atoms with Crippen LogP contribution in [0, 0.1) is 5.92 Å². The molecule has 0 aliphatic carbocycles. The highest BCUT2D eigenvalue weighted by Gasteiger charge is 2.45. The van der Waals surface area contributed by atoms with Crippen LogP contribution >= 0.6 is 0 Å². The Bertz CT molecular complexity index is 1000. The Morgan fingerprint density at radius 1 is 1.32 bits per heavy atom. The van der Waals surface area contributed by atoms with E-state index in [1.807, 2.05) is 13.0 Å². The summed E-state index contributed by atoms with van der Waals surface area (Å²) in [6.07, 6.45) is 7.89. The van der Waals surface area contributed by atoms with Crippen LogP contribution in [-0.4, -0.2) is 51.5 Å². The van der Waals surface area contributed by atoms with Crippen molar-refractivity contribution in [2.45, 2.75) is 70.3 Å². The van der Waals surface area contributed by atoms with Gasteiger partial charge in [0.15, 0.2) is 0 Å². The zero-order valence-corrected chi connectivity index (χ0v) is 19.8. The van der Waals surface area contributed by atoms with E-state index in [1.54, 1.807) is 23.4 Å². The lowest BCUT2D eigenvalue weighted by Gasteiger charge is -2.28. The van der Waals surface area contributed by atoms with Gasteiger partial charge in [-0.1, -0.05) is 13.0 Å². The van der Waals surface area contributed by atoms with Crippen LogP contribution in [0.25, 0.3) is 0 Å². The molecule has 0 spiro atoms. The van der Waals surface area contributed by atoms with E-state index in [1.165, 1.54) is 5.56 Å². The number of pyridine rings is 2. The maximum Gasteiger partial charge on any atom is 0.325 e. The summed E-state index contributed by atoms with van der Waals surface area (Å²) in [6.45, 7) is 3.31. The molecular formula is C26H34F2N4O2. The van der Waals surface area contributed by atoms with Crippen LogP contribution < -0.4 is 5.32 Å². The van der Waals surface area contributed by atoms with Crippen LogP contribution in [-0.2, 0) is 24.1 Å². The van der Waals surface area contributed by atoms with E-state index >= 15 is 8.78 Å². The quantitative estimate of drug-likeness (QED) is 0.479. The lowest BCUT2D eigenvalue weighted by Crippen LogP contribution is -2.36. The first kappa shape index (κ1) is 24.5. The number of anilines is 1. The molecule has 0 radical (unpaired) electrons. The van der Waals surface area contributed by atoms with Crippen molar-refractivity contribution in [3.05, 3.63) is 53.0 Å². The zero-order valence-electron chi connectivity index (χ0n) is 19.8. The van der Waals surface area contributed by atoms with E-state index in [0.717, 1.165) is 36.5 Å². The number of hydrogen-bond acceptors (Lipinski definition) is 5. The lowest BCUT2D eigenvalue weighted by molar-refractivity contribution is -0.143. The van der Waals surface area contributed by atoms with E-state index in [0.29, 0.717) is 44.2 Å². The smallest absolute Gasteiger partial charge is 0.325 e. The van der Waals surface area contributed by atoms with Gasteiger partial charge in [0.05, 0.1) is 0 Å². The Kier molecular flexibility index (Phi) is 7.76. The number of hydrogen-bond donors (Lipinski definition) is 2. The van der Waals surface area contributed by atoms with Crippen LogP contribution in [0.15, 0.2) is 30.6 Å². The van der Waals surface area contributed by atoms with Gasteiger partial charge in [0.1, 0.15) is 11.9 Å². The van der Waals surface area contributed by atoms with Gasteiger partial charge in [0.2, 0.25) is 0 Å². The normalized spacial score (nSPS) is 19.4. The third kappa shape index (κ3) is 5.54. The number of likely N-dealkylation sites (tertiary alicyclic amines) is 1. The molecule has 0 saturated carbocycles. The summed E-state index contributed by atoms with van der Waals surface area (Å²) in [5, 5.41) is 13.2. The lowest BCUT2D eigenvalue weighted by atomic mass is 9.94. The highest BCUT2D eigenvalue weighted by Crippen LogP contribution is 2.39. The third-order valence-corrected chi connectivity index (χ3v) is 7.18. The Morgan fingerprint density at radius 2 is 2.18 bits per heavy atom. The van der Waals surface area contributed by atoms with Gasteiger partial charge in [0, 0.05) is 49.1 Å². The fraction of sp³-hybridized carbons (Fsp3) is 0.577. The van der Waals surface area contributed by atoms with Crippen molar-refractivity contribution in [2.24, 2.45) is 5.92 Å². The molecule has 2 N–H and O–H groups in total. The first-order valence-corrected chi connectivity index (χ1v) is 12.4. The topological polar surface area (TPSA) is 78.3 Å². The standard InChI is InChI=1S/C26H34F2N4O2/c1-2-18-10-14-29-16-22(18)23(25(33)34)32-15-11-20(17-32)26(27,28)12-4-3-7-21-9-8-19-6-5-13-30-24(19)31-21/h8-10,14,16,20,23H,2-7,11-13,15,17H2,1H3,(H,30,31)(H,33,34). The van der Waals surface area contributed by atoms with Gasteiger partial charge >= 0.3 is 5.97 Å². The number of halogens is 2. The van der Waals surface area contributed by atoms with E-state index in [9.17, 15) is 9.90 Å². The molecule has 1 saturated heterocycles. The molecule has 2 atom stereocenters. The van der Waals surface area contributed by atoms with E-state index < -0.39 is 23.9 Å². The van der Waals surface area contributed by atoms with Crippen LogP contribution in [0.4, 0.5) is 14.6 Å². The van der Waals surface area contributed by atoms with Crippen molar-refractivity contribution in [3.8, 4) is 0 Å². The second-order valence-corrected chi connectivity index (χ2v) is 9.46. The number of nitrogens with one attached hydrogen (secondary N) is 1. The Morgan fingerprint density at radius 3 is 2.97 bits per heavy atom. The van der Waals surface area contributed by atoms with Crippen molar-refractivity contribution < 1.29 is 18.7 Å². The maximum atomic E-state index is 15.1. The van der Waals surface area contributed by atoms with Crippen LogP contribution in [0.3, 0.4) is 0 Å². The number of rotatable bonds is 10. The SMILES string of the molecule is CCc1ccncc1C(C(=O)O)N1CCC(C(F)(F)CCCCc2ccc3c(n2)NCCC3)C1. The van der Waals surface area contributed by atoms with Crippen LogP contribution in [0.2, 0.25) is 0 Å². The molecular weight excluding hydrogens is 438 g/mol. The number of fused-ring (bicyclic) bond motifs is 1. The second kappa shape index (κ2) is 10.8. The fourth-order valence-electron chi connectivity index (χ4n) is 5.24. The molecule has 2 unspecified atom stereocenters. The Hall–Kier alpha value is -2.61. The number of carbonyl (C=O) groups is 1. The van der Waals surface area contributed by atoms with Gasteiger partial charge in [-0.25, -0.2) is 13.8 Å². The van der Waals surface area contributed by atoms with Crippen molar-refractivity contribution in [1.82, 2.24) is 14.9 Å². The Labute approximate surface area is 199 Å². The summed E-state index contributed by atoms with van der Waals surface area (Å²) in [4.78, 5) is 22.5. The summed E-state index contributed by atoms with van der Waals surface area (Å²) in [6, 6.07) is 4.97. The summed E-state index contributed by atoms with van der Waals surface area (Å²) in [7, 11) is 0. The van der Waals surface area contributed by atoms with Gasteiger partial charge in [-0.05, 0) is 74.8 Å². The van der Waals surface area contributed by atoms with Crippen LogP contribution in [0.1, 0.15) is 67.5 Å². The summed E-state index contributed by atoms with van der Waals surface area (Å²) in [5.74, 6) is -3.72. The molecule has 0 aromatic carbocycles. The molecule has 2 aliphatic rings. The predicted molar refractivity (Wildman–Crippen MR) is 127 cm³/mol. The van der Waals surface area contributed by atoms with Crippen LogP contribution in [0.5, 0.6) is 0 Å². The zero-order chi connectivity index (χ0) is 24.1. The number of carboxylic acids is 1. The number of alkyl halides is 2. The van der Waals surface area contributed by atoms with Gasteiger partial charge in [-0.3, -0.25) is 14.7 Å². The summed E-state index contributed by atoms with van der Waals surface area (Å²) in [5.41, 5.74) is 3.66. The maximum absolute atomic E-state index is 15.1. The number of aliphatic carboxylic acids is 1. The molecule has 4 rings (SSSR count). The fourth-order valence-corrected chi connectivity index (χ4v) is 5.24. The molecule has 34 heavy (non-hydrogen) atoms. The van der Waals surface area contributed by atoms with Gasteiger partial charge in [-0.15, -0.1) is 0 Å². The third-order valence-electron chi connectivity index (χ3n) is 7.18. The minimum Gasteiger partial charge on any atom is -0.480 e. The number of carboxylic acid groups (broad SMARTS) is 1. The molecule has 0 amide bonds. The van der Waals surface area contributed by atoms with Crippen molar-refractivity contribution in [3.63, 3.8) is 0 Å². The molecule has 184 valence electrons. The summed E-state index contributed by atoms with van der Waals surface area (Å²) >= 11 is 0. The number of nitrogens with zero attached hydrogens (tertiary/aromatic N) is 3. The minimum absolute atomic E-state index is 0.0834. The first-order valence-electron chi connectivity index (χ1n) is 12.4. The predicted octanol–water partition coefficient (Wildman–Crippen LogP) is 4.89. The average molecular weight is 473 g/mol. The number of aryl methyl sites for hydroxylation is 3. The number of aromatic nitrogens is 2. The van der Waals surface area contributed by atoms with Gasteiger partial charge in [-0.2, -0.15) is 0 Å². The molecule has 8 heteroatoms. The van der Waals surface area contributed by atoms with E-state index in [-0.39, 0.29) is 13.0 Å². The van der Waals surface area contributed by atoms with Gasteiger partial charge in [0.25, 0.3) is 5.92 Å². The molecule has 0 bridgehead atoms.